The molecular weight excluding hydrogens is 978 g/mol. The van der Waals surface area contributed by atoms with Crippen LogP contribution < -0.4 is 87.8 Å². The summed E-state index contributed by atoms with van der Waals surface area (Å²) in [5.74, 6) is -2.45. The zero-order valence-electron chi connectivity index (χ0n) is 39.2. The smallest absolute Gasteiger partial charge is 0.790 e. The van der Waals surface area contributed by atoms with Gasteiger partial charge >= 0.3 is 59.1 Å². The van der Waals surface area contributed by atoms with Gasteiger partial charge in [-0.1, -0.05) is 51.3 Å². The zero-order chi connectivity index (χ0) is 48.7. The fourth-order valence-corrected chi connectivity index (χ4v) is 8.11. The van der Waals surface area contributed by atoms with Crippen LogP contribution in [0.15, 0.2) is 85.5 Å². The average molecular weight is 1030 g/mol. The Morgan fingerprint density at radius 2 is 1.01 bits per heavy atom. The van der Waals surface area contributed by atoms with E-state index in [2.05, 4.69) is 19.5 Å². The Kier molecular flexibility index (Phi) is 22.6. The predicted molar refractivity (Wildman–Crippen MR) is 251 cm³/mol. The molecule has 4 amide bonds. The first-order chi connectivity index (χ1) is 32.7. The Labute approximate surface area is 459 Å². The van der Waals surface area contributed by atoms with E-state index in [4.69, 9.17) is 18.9 Å². The monoisotopic (exact) mass is 1030 g/mol. The predicted octanol–water partition coefficient (Wildman–Crippen LogP) is -2.95. The Hall–Kier alpha value is -5.65. The van der Waals surface area contributed by atoms with Crippen LogP contribution in [0.4, 0.5) is 0 Å². The van der Waals surface area contributed by atoms with Gasteiger partial charge in [-0.3, -0.25) is 28.8 Å². The maximum Gasteiger partial charge on any atom is 1.00 e. The molecule has 2 aromatic carbocycles. The van der Waals surface area contributed by atoms with Gasteiger partial charge in [-0.05, 0) is 24.3 Å². The summed E-state index contributed by atoms with van der Waals surface area (Å²) in [5, 5.41) is 0.589. The van der Waals surface area contributed by atoms with E-state index in [-0.39, 0.29) is 159 Å². The van der Waals surface area contributed by atoms with Crippen LogP contribution in [0.1, 0.15) is 56.3 Å². The number of carbonyl (C=O) groups is 6. The average Bonchev–Trinajstić information content (AvgIpc) is 4.00. The van der Waals surface area contributed by atoms with Crippen molar-refractivity contribution >= 4 is 64.8 Å². The number of amides is 4. The molecule has 0 spiro atoms. The quantitative estimate of drug-likeness (QED) is 0.0524. The molecule has 0 bridgehead atoms. The van der Waals surface area contributed by atoms with Gasteiger partial charge in [-0.25, -0.2) is 9.97 Å². The number of phosphoric acid groups is 1. The zero-order valence-corrected chi connectivity index (χ0v) is 44.1. The normalized spacial score (nSPS) is 13.2. The number of aromatic amines is 1. The second-order valence-electron chi connectivity index (χ2n) is 15.1. The summed E-state index contributed by atoms with van der Waals surface area (Å²) >= 11 is 0. The number of aromatic nitrogens is 4. The SMILES string of the molecule is C.C.COc1cnc(OC)c2c1c(C(=O)C(=O)N1CCN(C(=O)c3ccccc3)CC1)cn2COP(=O)([O-])[O-].COc1ncc(OC)c2c(C(=O)C(=O)N3CCN(C(=O)c4ccccc4)CC3)c[nH]c12.[Na+].[Na+]. The van der Waals surface area contributed by atoms with E-state index in [1.54, 1.807) is 46.2 Å². The Balaban J connectivity index is 0.000000365. The Morgan fingerprint density at radius 1 is 0.597 bits per heavy atom. The number of Topliss-reactive ketones (excluding diaryl/α,β-unsaturated/α-hetero) is 2. The van der Waals surface area contributed by atoms with Crippen LogP contribution in [0.5, 0.6) is 23.3 Å². The second-order valence-corrected chi connectivity index (χ2v) is 16.3. The van der Waals surface area contributed by atoms with Crippen molar-refractivity contribution in [2.24, 2.45) is 0 Å². The topological polar surface area (TPSA) is 271 Å². The van der Waals surface area contributed by atoms with Gasteiger partial charge in [0.05, 0.1) is 70.6 Å². The molecule has 6 heterocycles. The summed E-state index contributed by atoms with van der Waals surface area (Å²) in [4.78, 5) is 117. The number of phosphoric ester groups is 1. The largest absolute Gasteiger partial charge is 1.00 e. The third kappa shape index (κ3) is 13.3. The Morgan fingerprint density at radius 3 is 1.44 bits per heavy atom. The molecule has 2 aliphatic rings. The molecule has 0 aliphatic carbocycles. The summed E-state index contributed by atoms with van der Waals surface area (Å²) in [5.41, 5.74) is 1.80. The molecule has 372 valence electrons. The van der Waals surface area contributed by atoms with E-state index in [1.807, 2.05) is 24.3 Å². The number of nitrogens with one attached hydrogen (secondary N) is 1. The van der Waals surface area contributed by atoms with Gasteiger partial charge in [0, 0.05) is 75.9 Å². The molecule has 0 saturated carbocycles. The minimum atomic E-state index is -5.35. The number of carbonyl (C=O) groups excluding carboxylic acids is 6. The maximum absolute atomic E-state index is 13.4. The molecule has 0 atom stereocenters. The van der Waals surface area contributed by atoms with Gasteiger partial charge < -0.3 is 67.0 Å². The van der Waals surface area contributed by atoms with E-state index in [0.29, 0.717) is 46.7 Å². The van der Waals surface area contributed by atoms with Gasteiger partial charge in [0.1, 0.15) is 29.3 Å². The molecule has 8 rings (SSSR count). The van der Waals surface area contributed by atoms with E-state index in [9.17, 15) is 43.1 Å². The molecule has 6 aromatic rings. The summed E-state index contributed by atoms with van der Waals surface area (Å²) in [6.45, 7) is 1.29. The number of ketones is 2. The van der Waals surface area contributed by atoms with E-state index >= 15 is 0 Å². The van der Waals surface area contributed by atoms with Crippen LogP contribution in [0.25, 0.3) is 21.8 Å². The molecule has 25 heteroatoms. The van der Waals surface area contributed by atoms with Gasteiger partial charge in [0.15, 0.2) is 0 Å². The summed E-state index contributed by atoms with van der Waals surface area (Å²) in [7, 11) is 0.228. The summed E-state index contributed by atoms with van der Waals surface area (Å²) < 4.78 is 37.6. The molecule has 2 saturated heterocycles. The van der Waals surface area contributed by atoms with Crippen molar-refractivity contribution in [3.8, 4) is 23.3 Å². The van der Waals surface area contributed by atoms with Crippen LogP contribution in [0.3, 0.4) is 0 Å². The molecular formula is C47H53N8Na2O14P. The first kappa shape index (κ1) is 60.7. The number of H-pyrrole nitrogens is 1. The van der Waals surface area contributed by atoms with E-state index in [0.717, 1.165) is 4.57 Å². The van der Waals surface area contributed by atoms with Gasteiger partial charge in [-0.15, -0.1) is 0 Å². The number of pyridine rings is 2. The van der Waals surface area contributed by atoms with Gasteiger partial charge in [0.25, 0.3) is 35.2 Å². The first-order valence-electron chi connectivity index (χ1n) is 20.9. The number of benzene rings is 2. The van der Waals surface area contributed by atoms with Crippen molar-refractivity contribution in [1.29, 1.82) is 0 Å². The van der Waals surface area contributed by atoms with Crippen LogP contribution in [0.2, 0.25) is 0 Å². The third-order valence-electron chi connectivity index (χ3n) is 11.3. The molecule has 72 heavy (non-hydrogen) atoms. The van der Waals surface area contributed by atoms with Crippen LogP contribution in [-0.2, 0) is 25.4 Å². The van der Waals surface area contributed by atoms with Gasteiger partial charge in [-0.2, -0.15) is 0 Å². The molecule has 22 nitrogen and oxygen atoms in total. The van der Waals surface area contributed by atoms with Crippen LogP contribution in [-0.4, -0.2) is 155 Å². The molecule has 1 N–H and O–H groups in total. The van der Waals surface area contributed by atoms with Crippen molar-refractivity contribution in [2.45, 2.75) is 21.6 Å². The van der Waals surface area contributed by atoms with E-state index < -0.39 is 37.9 Å². The fourth-order valence-electron chi connectivity index (χ4n) is 7.84. The summed E-state index contributed by atoms with van der Waals surface area (Å²) in [6, 6.07) is 17.7. The number of piperazine rings is 2. The van der Waals surface area contributed by atoms with Crippen molar-refractivity contribution < 1.29 is 126 Å². The maximum atomic E-state index is 13.4. The van der Waals surface area contributed by atoms with Crippen LogP contribution in [0, 0.1) is 0 Å². The fraction of sp³-hybridized carbons (Fsp3) is 0.319. The minimum Gasteiger partial charge on any atom is -0.790 e. The van der Waals surface area contributed by atoms with Crippen molar-refractivity contribution in [1.82, 2.24) is 39.1 Å². The number of methoxy groups -OCH3 is 4. The number of rotatable bonds is 13. The van der Waals surface area contributed by atoms with Crippen molar-refractivity contribution in [3.05, 3.63) is 108 Å². The van der Waals surface area contributed by atoms with E-state index in [1.165, 1.54) is 63.0 Å². The number of ether oxygens (including phenoxy) is 4. The molecule has 0 radical (unpaired) electrons. The number of nitrogens with zero attached hydrogens (tertiary/aromatic N) is 7. The van der Waals surface area contributed by atoms with Crippen molar-refractivity contribution in [2.75, 3.05) is 80.8 Å². The van der Waals surface area contributed by atoms with Crippen molar-refractivity contribution in [3.63, 3.8) is 0 Å². The summed E-state index contributed by atoms with van der Waals surface area (Å²) in [6.07, 6.45) is 5.38. The molecule has 2 fully saturated rings. The minimum absolute atomic E-state index is 0. The molecule has 0 unspecified atom stereocenters. The standard InChI is InChI=1S/C23H25N4O9P.C22H22N4O5.2CH4.2Na/c1-34-17-12-24-21(35-2)19-18(17)16(13-27(19)14-36-37(31,32)33)20(28)23(30)26-10-8-25(9-11-26)22(29)15-6-4-3-5-7-15;1-30-16-13-24-20(31-2)18-17(16)15(12-23-18)19(27)22(29)26-10-8-25(9-11-26)21(28)14-6-4-3-5-7-14;;;;/h3-7,12-13H,8-11,14H2,1-2H3,(H2,31,32,33);3-7,12-13,23H,8-11H2,1-2H3;2*1H4;;/q;;;;2*+1/p-2. The number of hydrogen-bond acceptors (Lipinski definition) is 16. The second kappa shape index (κ2) is 26.9. The number of fused-ring (bicyclic) bond motifs is 2. The molecule has 2 aliphatic heterocycles. The molecule has 4 aromatic heterocycles. The van der Waals surface area contributed by atoms with Gasteiger partial charge in [0.2, 0.25) is 11.8 Å². The Bertz CT molecular complexity index is 2920. The van der Waals surface area contributed by atoms with Crippen LogP contribution >= 0.6 is 7.82 Å². The number of hydrogen-bond donors (Lipinski definition) is 1. The first-order valence-corrected chi connectivity index (χ1v) is 22.4. The third-order valence-corrected chi connectivity index (χ3v) is 11.7.